The number of allylic oxidation sites excluding steroid dienone is 6. The third-order valence-corrected chi connectivity index (χ3v) is 12.9. The molecule has 0 aromatic carbocycles. The number of rotatable bonds is 48. The van der Waals surface area contributed by atoms with Gasteiger partial charge in [-0.25, -0.2) is 4.57 Å². The average molecular weight is 896 g/mol. The zero-order chi connectivity index (χ0) is 45.7. The summed E-state index contributed by atoms with van der Waals surface area (Å²) in [6.45, 7) is 4.89. The minimum absolute atomic E-state index is 0.0738. The van der Waals surface area contributed by atoms with Crippen molar-refractivity contribution in [3.63, 3.8) is 0 Å². The Hall–Kier alpha value is -1.28. The normalized spacial score (nSPS) is 14.4. The zero-order valence-electron chi connectivity index (χ0n) is 41.6. The first-order chi connectivity index (χ1) is 30.0. The van der Waals surface area contributed by atoms with Crippen LogP contribution in [0.3, 0.4) is 0 Å². The van der Waals surface area contributed by atoms with Gasteiger partial charge in [0.1, 0.15) is 13.2 Å². The molecule has 3 N–H and O–H groups in total. The smallest absolute Gasteiger partial charge is 0.391 e. The molecule has 366 valence electrons. The first kappa shape index (κ1) is 60.7. The van der Waals surface area contributed by atoms with Crippen LogP contribution in [0.1, 0.15) is 245 Å². The maximum Gasteiger partial charge on any atom is 0.472 e. The van der Waals surface area contributed by atoms with Gasteiger partial charge in [0.25, 0.3) is 0 Å². The maximum absolute atomic E-state index is 13.0. The molecule has 3 unspecified atom stereocenters. The highest BCUT2D eigenvalue weighted by atomic mass is 31.2. The van der Waals surface area contributed by atoms with Crippen molar-refractivity contribution >= 4 is 13.7 Å². The van der Waals surface area contributed by atoms with Gasteiger partial charge < -0.3 is 19.8 Å². The summed E-state index contributed by atoms with van der Waals surface area (Å²) >= 11 is 0. The van der Waals surface area contributed by atoms with Crippen LogP contribution in [0.25, 0.3) is 0 Å². The summed E-state index contributed by atoms with van der Waals surface area (Å²) < 4.78 is 23.7. The number of phosphoric acid groups is 1. The Morgan fingerprint density at radius 2 is 0.919 bits per heavy atom. The number of nitrogens with zero attached hydrogens (tertiary/aromatic N) is 1. The first-order valence-corrected chi connectivity index (χ1v) is 27.8. The number of hydrogen-bond acceptors (Lipinski definition) is 5. The molecule has 9 heteroatoms. The first-order valence-electron chi connectivity index (χ1n) is 26.4. The van der Waals surface area contributed by atoms with E-state index in [0.29, 0.717) is 23.9 Å². The van der Waals surface area contributed by atoms with Crippen molar-refractivity contribution in [1.29, 1.82) is 0 Å². The molecule has 0 radical (unpaired) electrons. The number of phosphoric ester groups is 1. The second kappa shape index (κ2) is 44.9. The summed E-state index contributed by atoms with van der Waals surface area (Å²) in [6, 6.07) is -0.762. The van der Waals surface area contributed by atoms with Gasteiger partial charge in [0, 0.05) is 6.42 Å². The summed E-state index contributed by atoms with van der Waals surface area (Å²) in [5.41, 5.74) is 0. The predicted octanol–water partition coefficient (Wildman–Crippen LogP) is 15.4. The molecule has 0 fully saturated rings. The molecule has 0 aromatic heterocycles. The molecule has 0 aliphatic rings. The van der Waals surface area contributed by atoms with Crippen molar-refractivity contribution in [2.45, 2.75) is 257 Å². The minimum atomic E-state index is -4.32. The number of unbranched alkanes of at least 4 members (excludes halogenated alkanes) is 29. The highest BCUT2D eigenvalue weighted by Crippen LogP contribution is 2.43. The monoisotopic (exact) mass is 896 g/mol. The lowest BCUT2D eigenvalue weighted by molar-refractivity contribution is -0.870. The number of likely N-dealkylation sites (N-methyl/N-ethyl adjacent to an activating group) is 1. The van der Waals surface area contributed by atoms with E-state index in [1.165, 1.54) is 167 Å². The van der Waals surface area contributed by atoms with Gasteiger partial charge in [-0.05, 0) is 51.4 Å². The van der Waals surface area contributed by atoms with E-state index in [4.69, 9.17) is 9.05 Å². The number of carbonyl (C=O) groups is 1. The Labute approximate surface area is 385 Å². The molecule has 0 saturated heterocycles. The molecule has 1 amide bonds. The molecular weight excluding hydrogens is 792 g/mol. The van der Waals surface area contributed by atoms with Crippen LogP contribution in [0.2, 0.25) is 0 Å². The fourth-order valence-corrected chi connectivity index (χ4v) is 8.44. The van der Waals surface area contributed by atoms with Crippen LogP contribution >= 0.6 is 7.82 Å². The Morgan fingerprint density at radius 1 is 0.548 bits per heavy atom. The number of carbonyl (C=O) groups excluding carboxylic acids is 1. The number of aliphatic hydroxyl groups excluding tert-OH is 1. The van der Waals surface area contributed by atoms with E-state index in [9.17, 15) is 19.4 Å². The van der Waals surface area contributed by atoms with E-state index >= 15 is 0 Å². The van der Waals surface area contributed by atoms with E-state index in [0.717, 1.165) is 51.4 Å². The molecule has 0 spiro atoms. The second-order valence-electron chi connectivity index (χ2n) is 19.3. The SMILES string of the molecule is CCCCCCC/C=C\C/C=C\C/C=C\CCCCCCCCCCCCC(=O)NC(COP(=O)(O)OCC[N+](C)(C)C)C(O)CCCCCCCCCCCCCCCCC. The Morgan fingerprint density at radius 3 is 1.34 bits per heavy atom. The third-order valence-electron chi connectivity index (χ3n) is 11.9. The van der Waals surface area contributed by atoms with Crippen molar-refractivity contribution in [2.24, 2.45) is 0 Å². The largest absolute Gasteiger partial charge is 0.472 e. The van der Waals surface area contributed by atoms with Crippen LogP contribution < -0.4 is 5.32 Å². The minimum Gasteiger partial charge on any atom is -0.391 e. The Balaban J connectivity index is 4.21. The number of hydrogen-bond donors (Lipinski definition) is 3. The summed E-state index contributed by atoms with van der Waals surface area (Å²) in [4.78, 5) is 23.3. The van der Waals surface area contributed by atoms with Crippen LogP contribution in [0.15, 0.2) is 36.5 Å². The van der Waals surface area contributed by atoms with Crippen molar-refractivity contribution in [3.05, 3.63) is 36.5 Å². The van der Waals surface area contributed by atoms with Gasteiger partial charge in [-0.15, -0.1) is 0 Å². The maximum atomic E-state index is 13.0. The summed E-state index contributed by atoms with van der Waals surface area (Å²) in [5, 5.41) is 14.0. The second-order valence-corrected chi connectivity index (χ2v) is 20.7. The van der Waals surface area contributed by atoms with Gasteiger partial charge in [-0.3, -0.25) is 13.8 Å². The molecule has 0 saturated carbocycles. The average Bonchev–Trinajstić information content (AvgIpc) is 3.23. The van der Waals surface area contributed by atoms with Crippen molar-refractivity contribution in [3.8, 4) is 0 Å². The van der Waals surface area contributed by atoms with Crippen molar-refractivity contribution in [1.82, 2.24) is 5.32 Å². The summed E-state index contributed by atoms with van der Waals surface area (Å²) in [7, 11) is 1.62. The fourth-order valence-electron chi connectivity index (χ4n) is 7.70. The van der Waals surface area contributed by atoms with E-state index in [-0.39, 0.29) is 19.1 Å². The lowest BCUT2D eigenvalue weighted by atomic mass is 10.0. The highest BCUT2D eigenvalue weighted by molar-refractivity contribution is 7.47. The van der Waals surface area contributed by atoms with Gasteiger partial charge in [-0.1, -0.05) is 224 Å². The lowest BCUT2D eigenvalue weighted by Crippen LogP contribution is -2.46. The molecule has 0 aliphatic heterocycles. The zero-order valence-corrected chi connectivity index (χ0v) is 42.5. The summed E-state index contributed by atoms with van der Waals surface area (Å²) in [6.07, 6.45) is 56.1. The molecule has 0 rings (SSSR count). The molecule has 3 atom stereocenters. The molecule has 62 heavy (non-hydrogen) atoms. The number of quaternary nitrogens is 1. The number of nitrogens with one attached hydrogen (secondary N) is 1. The molecule has 0 aliphatic carbocycles. The standard InChI is InChI=1S/C53H103N2O6P/c1-6-8-10-12-14-16-18-20-22-23-24-25-26-27-28-29-30-31-33-35-37-39-41-43-45-47-53(57)54-51(50-61-62(58,59)60-49-48-55(3,4)5)52(56)46-44-42-40-38-36-34-32-21-19-17-15-13-11-9-7-2/h18,20,23-24,26-27,51-52,56H,6-17,19,21-22,25,28-50H2,1-5H3,(H-,54,57,58,59)/p+1/b20-18-,24-23-,27-26-. The molecule has 0 heterocycles. The van der Waals surface area contributed by atoms with Crippen LogP contribution in [0.5, 0.6) is 0 Å². The fraction of sp³-hybridized carbons (Fsp3) is 0.868. The van der Waals surface area contributed by atoms with E-state index in [1.807, 2.05) is 21.1 Å². The van der Waals surface area contributed by atoms with Gasteiger partial charge in [0.15, 0.2) is 0 Å². The van der Waals surface area contributed by atoms with E-state index < -0.39 is 20.0 Å². The lowest BCUT2D eigenvalue weighted by Gasteiger charge is -2.26. The summed E-state index contributed by atoms with van der Waals surface area (Å²) in [5.74, 6) is -0.148. The topological polar surface area (TPSA) is 105 Å². The van der Waals surface area contributed by atoms with Crippen LogP contribution in [-0.4, -0.2) is 73.4 Å². The van der Waals surface area contributed by atoms with Gasteiger partial charge in [-0.2, -0.15) is 0 Å². The Kier molecular flexibility index (Phi) is 44.0. The molecule has 0 aromatic rings. The van der Waals surface area contributed by atoms with E-state index in [2.05, 4.69) is 55.6 Å². The predicted molar refractivity (Wildman–Crippen MR) is 268 cm³/mol. The highest BCUT2D eigenvalue weighted by Gasteiger charge is 2.28. The number of aliphatic hydroxyl groups is 1. The van der Waals surface area contributed by atoms with Gasteiger partial charge in [0.2, 0.25) is 5.91 Å². The van der Waals surface area contributed by atoms with Crippen molar-refractivity contribution < 1.29 is 32.9 Å². The number of amides is 1. The van der Waals surface area contributed by atoms with Gasteiger partial charge >= 0.3 is 7.82 Å². The quantitative estimate of drug-likeness (QED) is 0.0243. The molecule has 0 bridgehead atoms. The van der Waals surface area contributed by atoms with E-state index in [1.54, 1.807) is 0 Å². The van der Waals surface area contributed by atoms with Crippen molar-refractivity contribution in [2.75, 3.05) is 40.9 Å². The van der Waals surface area contributed by atoms with Gasteiger partial charge in [0.05, 0.1) is 39.9 Å². The Bertz CT molecular complexity index is 1110. The molecule has 8 nitrogen and oxygen atoms in total. The van der Waals surface area contributed by atoms with Crippen LogP contribution in [0, 0.1) is 0 Å². The third kappa shape index (κ3) is 46.7. The molecular formula is C53H104N2O6P+. The van der Waals surface area contributed by atoms with Crippen LogP contribution in [-0.2, 0) is 18.4 Å². The van der Waals surface area contributed by atoms with Crippen LogP contribution in [0.4, 0.5) is 0 Å².